The van der Waals surface area contributed by atoms with Gasteiger partial charge in [-0.1, -0.05) is 0 Å². The molecule has 1 saturated heterocycles. The van der Waals surface area contributed by atoms with E-state index < -0.39 is 17.2 Å². The Hall–Kier alpha value is -0.810. The number of guanidine groups is 1. The maximum atomic E-state index is 12.0. The fraction of sp³-hybridized carbons (Fsp3) is 0.900. The van der Waals surface area contributed by atoms with E-state index in [2.05, 4.69) is 39.7 Å². The average Bonchev–Trinajstić information content (AvgIpc) is 2.50. The number of morpholine rings is 1. The van der Waals surface area contributed by atoms with Gasteiger partial charge in [0, 0.05) is 39.8 Å². The quantitative estimate of drug-likeness (QED) is 0.204. The first-order valence-electron chi connectivity index (χ1n) is 10.2. The van der Waals surface area contributed by atoms with Crippen molar-refractivity contribution in [3.63, 3.8) is 0 Å². The van der Waals surface area contributed by atoms with E-state index in [1.807, 2.05) is 34.6 Å². The molecular formula is C20H42IN5O3. The van der Waals surface area contributed by atoms with Gasteiger partial charge < -0.3 is 25.4 Å². The molecule has 2 unspecified atom stereocenters. The van der Waals surface area contributed by atoms with Crippen LogP contribution in [0.4, 0.5) is 4.79 Å². The van der Waals surface area contributed by atoms with Gasteiger partial charge in [-0.05, 0) is 54.9 Å². The Morgan fingerprint density at radius 3 is 2.24 bits per heavy atom. The van der Waals surface area contributed by atoms with Crippen molar-refractivity contribution in [2.45, 2.75) is 78.2 Å². The number of ether oxygens (including phenoxy) is 2. The zero-order valence-corrected chi connectivity index (χ0v) is 21.8. The Kier molecular flexibility index (Phi) is 12.4. The van der Waals surface area contributed by atoms with E-state index in [4.69, 9.17) is 9.47 Å². The Balaban J connectivity index is 0.00000784. The third-order valence-corrected chi connectivity index (χ3v) is 4.20. The molecular weight excluding hydrogens is 485 g/mol. The average molecular weight is 527 g/mol. The van der Waals surface area contributed by atoms with Crippen LogP contribution in [-0.4, -0.2) is 80.1 Å². The summed E-state index contributed by atoms with van der Waals surface area (Å²) in [5.74, 6) is 0.725. The highest BCUT2D eigenvalue weighted by atomic mass is 127. The number of amides is 1. The van der Waals surface area contributed by atoms with Gasteiger partial charge in [-0.15, -0.1) is 24.0 Å². The SMILES string of the molecule is CN=C(NCCCN1CC(C)OC(C)C1)NCC(C)(C)NC(=O)OC(C)(C)C.I. The standard InChI is InChI=1S/C20H41N5O3.HI/c1-15-12-25(13-16(2)27-15)11-9-10-22-17(21-8)23-14-20(6,7)24-18(26)28-19(3,4)5;/h15-16H,9-14H2,1-8H3,(H,24,26)(H2,21,22,23);1H. The van der Waals surface area contributed by atoms with Crippen molar-refractivity contribution in [3.8, 4) is 0 Å². The molecule has 1 rings (SSSR count). The van der Waals surface area contributed by atoms with Gasteiger partial charge in [-0.2, -0.15) is 0 Å². The number of aliphatic imine (C=N–C) groups is 1. The number of carbonyl (C=O) groups is 1. The maximum Gasteiger partial charge on any atom is 0.408 e. The van der Waals surface area contributed by atoms with E-state index in [0.29, 0.717) is 18.8 Å². The molecule has 0 aromatic heterocycles. The monoisotopic (exact) mass is 527 g/mol. The van der Waals surface area contributed by atoms with Crippen LogP contribution in [0.3, 0.4) is 0 Å². The minimum absolute atomic E-state index is 0. The minimum atomic E-state index is -0.513. The van der Waals surface area contributed by atoms with Crippen molar-refractivity contribution in [3.05, 3.63) is 0 Å². The molecule has 0 bridgehead atoms. The van der Waals surface area contributed by atoms with Crippen LogP contribution in [0.25, 0.3) is 0 Å². The van der Waals surface area contributed by atoms with E-state index in [1.165, 1.54) is 0 Å². The summed E-state index contributed by atoms with van der Waals surface area (Å²) in [4.78, 5) is 18.7. The summed E-state index contributed by atoms with van der Waals surface area (Å²) in [7, 11) is 1.75. The highest BCUT2D eigenvalue weighted by Gasteiger charge is 2.25. The largest absolute Gasteiger partial charge is 0.444 e. The minimum Gasteiger partial charge on any atom is -0.444 e. The molecule has 29 heavy (non-hydrogen) atoms. The van der Waals surface area contributed by atoms with E-state index in [0.717, 1.165) is 38.6 Å². The van der Waals surface area contributed by atoms with Crippen LogP contribution in [0, 0.1) is 0 Å². The summed E-state index contributed by atoms with van der Waals surface area (Å²) in [6.07, 6.45) is 1.20. The van der Waals surface area contributed by atoms with Crippen molar-refractivity contribution >= 4 is 36.0 Å². The van der Waals surface area contributed by atoms with Crippen molar-refractivity contribution in [2.24, 2.45) is 4.99 Å². The zero-order chi connectivity index (χ0) is 21.4. The molecule has 9 heteroatoms. The van der Waals surface area contributed by atoms with Crippen molar-refractivity contribution in [1.29, 1.82) is 0 Å². The number of hydrogen-bond donors (Lipinski definition) is 3. The Bertz CT molecular complexity index is 513. The molecule has 2 atom stereocenters. The van der Waals surface area contributed by atoms with Crippen LogP contribution in [0.15, 0.2) is 4.99 Å². The van der Waals surface area contributed by atoms with Gasteiger partial charge in [0.05, 0.1) is 17.7 Å². The molecule has 1 aliphatic rings. The second kappa shape index (κ2) is 12.8. The predicted molar refractivity (Wildman–Crippen MR) is 129 cm³/mol. The fourth-order valence-corrected chi connectivity index (χ4v) is 3.13. The molecule has 0 aliphatic carbocycles. The van der Waals surface area contributed by atoms with E-state index in [1.54, 1.807) is 7.05 Å². The lowest BCUT2D eigenvalue weighted by molar-refractivity contribution is -0.0679. The van der Waals surface area contributed by atoms with Crippen LogP contribution in [-0.2, 0) is 9.47 Å². The molecule has 0 spiro atoms. The van der Waals surface area contributed by atoms with E-state index >= 15 is 0 Å². The van der Waals surface area contributed by atoms with Crippen LogP contribution >= 0.6 is 24.0 Å². The number of nitrogens with zero attached hydrogens (tertiary/aromatic N) is 2. The van der Waals surface area contributed by atoms with Gasteiger partial charge in [0.25, 0.3) is 0 Å². The maximum absolute atomic E-state index is 12.0. The van der Waals surface area contributed by atoms with Gasteiger partial charge >= 0.3 is 6.09 Å². The molecule has 172 valence electrons. The molecule has 1 aliphatic heterocycles. The Labute approximate surface area is 194 Å². The van der Waals surface area contributed by atoms with Gasteiger partial charge in [0.1, 0.15) is 5.60 Å². The summed E-state index contributed by atoms with van der Waals surface area (Å²) in [5, 5.41) is 9.48. The number of rotatable bonds is 7. The number of alkyl carbamates (subject to hydrolysis) is 1. The summed E-state index contributed by atoms with van der Waals surface area (Å²) < 4.78 is 11.1. The summed E-state index contributed by atoms with van der Waals surface area (Å²) in [6, 6.07) is 0. The van der Waals surface area contributed by atoms with Crippen molar-refractivity contribution < 1.29 is 14.3 Å². The highest BCUT2D eigenvalue weighted by molar-refractivity contribution is 14.0. The van der Waals surface area contributed by atoms with Crippen LogP contribution in [0.2, 0.25) is 0 Å². The second-order valence-electron chi connectivity index (χ2n) is 9.23. The van der Waals surface area contributed by atoms with Gasteiger partial charge in [0.15, 0.2) is 5.96 Å². The third kappa shape index (κ3) is 13.2. The van der Waals surface area contributed by atoms with Crippen LogP contribution in [0.5, 0.6) is 0 Å². The van der Waals surface area contributed by atoms with Crippen molar-refractivity contribution in [1.82, 2.24) is 20.9 Å². The van der Waals surface area contributed by atoms with Gasteiger partial charge in [-0.25, -0.2) is 4.79 Å². The molecule has 1 fully saturated rings. The summed E-state index contributed by atoms with van der Waals surface area (Å²) in [6.45, 7) is 18.1. The summed E-state index contributed by atoms with van der Waals surface area (Å²) in [5.41, 5.74) is -0.985. The first-order chi connectivity index (χ1) is 12.9. The van der Waals surface area contributed by atoms with Crippen molar-refractivity contribution in [2.75, 3.05) is 39.8 Å². The number of hydrogen-bond acceptors (Lipinski definition) is 5. The zero-order valence-electron chi connectivity index (χ0n) is 19.4. The summed E-state index contributed by atoms with van der Waals surface area (Å²) >= 11 is 0. The first kappa shape index (κ1) is 28.2. The lowest BCUT2D eigenvalue weighted by Crippen LogP contribution is -2.54. The van der Waals surface area contributed by atoms with Crippen LogP contribution < -0.4 is 16.0 Å². The third-order valence-electron chi connectivity index (χ3n) is 4.20. The smallest absolute Gasteiger partial charge is 0.408 e. The first-order valence-corrected chi connectivity index (χ1v) is 10.2. The molecule has 0 aromatic carbocycles. The molecule has 8 nitrogen and oxygen atoms in total. The fourth-order valence-electron chi connectivity index (χ4n) is 3.13. The topological polar surface area (TPSA) is 87.2 Å². The number of halogens is 1. The Morgan fingerprint density at radius 1 is 1.14 bits per heavy atom. The second-order valence-corrected chi connectivity index (χ2v) is 9.23. The molecule has 0 aromatic rings. The van der Waals surface area contributed by atoms with E-state index in [9.17, 15) is 4.79 Å². The lowest BCUT2D eigenvalue weighted by Gasteiger charge is -2.35. The molecule has 1 heterocycles. The highest BCUT2D eigenvalue weighted by Crippen LogP contribution is 2.11. The number of nitrogens with one attached hydrogen (secondary N) is 3. The number of carbonyl (C=O) groups excluding carboxylic acids is 1. The molecule has 1 amide bonds. The normalized spacial score (nSPS) is 21.2. The predicted octanol–water partition coefficient (Wildman–Crippen LogP) is 2.57. The molecule has 3 N–H and O–H groups in total. The molecule has 0 saturated carbocycles. The molecule has 0 radical (unpaired) electrons. The van der Waals surface area contributed by atoms with Gasteiger partial charge in [-0.3, -0.25) is 9.89 Å². The lowest BCUT2D eigenvalue weighted by atomic mass is 10.1. The van der Waals surface area contributed by atoms with Crippen LogP contribution in [0.1, 0.15) is 54.9 Å². The Morgan fingerprint density at radius 2 is 1.72 bits per heavy atom. The van der Waals surface area contributed by atoms with Gasteiger partial charge in [0.2, 0.25) is 0 Å². The van der Waals surface area contributed by atoms with E-state index in [-0.39, 0.29) is 24.0 Å².